The van der Waals surface area contributed by atoms with Gasteiger partial charge in [-0.2, -0.15) is 10.4 Å². The predicted molar refractivity (Wildman–Crippen MR) is 175 cm³/mol. The Morgan fingerprint density at radius 1 is 1.09 bits per heavy atom. The molecule has 1 aliphatic rings. The van der Waals surface area contributed by atoms with Crippen molar-refractivity contribution in [2.24, 2.45) is 0 Å². The van der Waals surface area contributed by atoms with E-state index in [9.17, 15) is 20.0 Å². The van der Waals surface area contributed by atoms with Crippen LogP contribution in [0, 0.1) is 11.3 Å². The second-order valence-corrected chi connectivity index (χ2v) is 12.5. The van der Waals surface area contributed by atoms with Gasteiger partial charge < -0.3 is 20.5 Å². The molecule has 228 valence electrons. The van der Waals surface area contributed by atoms with Crippen LogP contribution in [0.3, 0.4) is 0 Å². The van der Waals surface area contributed by atoms with E-state index in [4.69, 9.17) is 10.5 Å². The third kappa shape index (κ3) is 5.49. The summed E-state index contributed by atoms with van der Waals surface area (Å²) in [6, 6.07) is 22.4. The number of H-pyrrole nitrogens is 1. The maximum atomic E-state index is 13.4. The first kappa shape index (κ1) is 29.0. The number of carboxylic acid groups (broad SMARTS) is 1. The zero-order valence-electron chi connectivity index (χ0n) is 24.0. The number of benzene rings is 3. The number of fused-ring (bicyclic) bond motifs is 2. The van der Waals surface area contributed by atoms with Crippen LogP contribution in [-0.2, 0) is 19.6 Å². The van der Waals surface area contributed by atoms with Gasteiger partial charge in [0, 0.05) is 24.2 Å². The zero-order chi connectivity index (χ0) is 31.8. The molecule has 1 amide bonds. The van der Waals surface area contributed by atoms with Crippen LogP contribution in [0.15, 0.2) is 66.7 Å². The fraction of sp³-hybridized carbons (Fsp3) is 0.125. The minimum absolute atomic E-state index is 0.000647. The van der Waals surface area contributed by atoms with Crippen LogP contribution in [0.1, 0.15) is 42.4 Å². The molecule has 0 saturated heterocycles. The fourth-order valence-electron chi connectivity index (χ4n) is 5.33. The summed E-state index contributed by atoms with van der Waals surface area (Å²) in [5, 5.41) is 30.0. The predicted octanol–water partition coefficient (Wildman–Crippen LogP) is 5.69. The Bertz CT molecular complexity index is 2130. The van der Waals surface area contributed by atoms with Gasteiger partial charge in [-0.25, -0.2) is 14.8 Å². The van der Waals surface area contributed by atoms with Gasteiger partial charge in [0.15, 0.2) is 21.8 Å². The molecule has 0 bridgehead atoms. The van der Waals surface area contributed by atoms with E-state index in [-0.39, 0.29) is 29.6 Å². The third-order valence-electron chi connectivity index (χ3n) is 7.61. The monoisotopic (exact) mass is 648 g/mol. The van der Waals surface area contributed by atoms with Crippen LogP contribution in [0.5, 0.6) is 5.75 Å². The van der Waals surface area contributed by atoms with Crippen molar-refractivity contribution in [2.75, 3.05) is 22.5 Å². The number of thiazole rings is 2. The van der Waals surface area contributed by atoms with Crippen molar-refractivity contribution in [3.8, 4) is 23.1 Å². The number of nitrogens with two attached hydrogens (primary N) is 1. The summed E-state index contributed by atoms with van der Waals surface area (Å²) >= 11 is 2.67. The Labute approximate surface area is 269 Å². The number of carbonyl (C=O) groups excluding carboxylic acids is 1. The Morgan fingerprint density at radius 3 is 2.70 bits per heavy atom. The van der Waals surface area contributed by atoms with E-state index in [2.05, 4.69) is 25.5 Å². The number of aromatic carboxylic acids is 1. The zero-order valence-corrected chi connectivity index (χ0v) is 25.6. The van der Waals surface area contributed by atoms with Crippen molar-refractivity contribution < 1.29 is 19.4 Å². The maximum Gasteiger partial charge on any atom is 0.355 e. The summed E-state index contributed by atoms with van der Waals surface area (Å²) in [4.78, 5) is 37.0. The Balaban J connectivity index is 1.08. The molecular formula is C32H24N8O4S2. The van der Waals surface area contributed by atoms with E-state index < -0.39 is 5.97 Å². The van der Waals surface area contributed by atoms with Crippen LogP contribution in [0.4, 0.5) is 16.1 Å². The van der Waals surface area contributed by atoms with E-state index in [1.165, 1.54) is 22.7 Å². The van der Waals surface area contributed by atoms with E-state index >= 15 is 0 Å². The van der Waals surface area contributed by atoms with E-state index in [0.29, 0.717) is 57.2 Å². The van der Waals surface area contributed by atoms with Gasteiger partial charge in [0.1, 0.15) is 24.0 Å². The van der Waals surface area contributed by atoms with Crippen molar-refractivity contribution in [3.05, 3.63) is 99.6 Å². The molecule has 0 unspecified atom stereocenters. The van der Waals surface area contributed by atoms with E-state index in [1.807, 2.05) is 47.4 Å². The minimum atomic E-state index is -1.15. The lowest BCUT2D eigenvalue weighted by atomic mass is 9.94. The highest BCUT2D eigenvalue weighted by molar-refractivity contribution is 7.22. The molecule has 4 heterocycles. The number of carbonyl (C=O) groups is 2. The molecule has 0 saturated carbocycles. The molecule has 5 N–H and O–H groups in total. The number of carboxylic acids is 1. The number of hydrogen-bond donors (Lipinski definition) is 4. The molecule has 6 aromatic rings. The first-order chi connectivity index (χ1) is 22.4. The normalized spacial score (nSPS) is 12.5. The number of nitrogen functional groups attached to an aromatic ring is 1. The number of para-hydroxylation sites is 1. The number of amides is 1. The van der Waals surface area contributed by atoms with Gasteiger partial charge >= 0.3 is 5.97 Å². The summed E-state index contributed by atoms with van der Waals surface area (Å²) < 4.78 is 6.93. The second kappa shape index (κ2) is 12.0. The lowest BCUT2D eigenvalue weighted by Gasteiger charge is -2.29. The Hall–Kier alpha value is -5.78. The topological polar surface area (TPSA) is 183 Å². The largest absolute Gasteiger partial charge is 0.488 e. The lowest BCUT2D eigenvalue weighted by Crippen LogP contribution is -2.32. The Kier molecular flexibility index (Phi) is 7.53. The molecule has 0 aliphatic carbocycles. The van der Waals surface area contributed by atoms with Gasteiger partial charge in [0.2, 0.25) is 0 Å². The lowest BCUT2D eigenvalue weighted by molar-refractivity contribution is 0.0688. The van der Waals surface area contributed by atoms with Crippen molar-refractivity contribution in [1.29, 1.82) is 5.26 Å². The number of nitrogens with one attached hydrogen (secondary N) is 2. The third-order valence-corrected chi connectivity index (χ3v) is 9.65. The van der Waals surface area contributed by atoms with Gasteiger partial charge in [0.25, 0.3) is 5.91 Å². The molecule has 3 aromatic carbocycles. The summed E-state index contributed by atoms with van der Waals surface area (Å²) in [5.41, 5.74) is 10.5. The van der Waals surface area contributed by atoms with E-state index in [1.54, 1.807) is 30.3 Å². The van der Waals surface area contributed by atoms with Gasteiger partial charge in [-0.15, -0.1) is 0 Å². The standard InChI is InChI=1S/C32H24N8O4S2/c33-14-21-26(38-39-28(21)34)18-8-10-19(11-9-18)44-16-25-27(30(42)43)36-32(46-25)40-13-12-17-4-3-5-20(22(17)15-40)29(41)37-31-35-23-6-1-2-7-24(23)45-31/h1-11H,12-13,15-16H2,(H,42,43)(H3,34,38,39)(H,35,37,41). The number of aromatic amines is 1. The van der Waals surface area contributed by atoms with Gasteiger partial charge in [0.05, 0.1) is 20.8 Å². The van der Waals surface area contributed by atoms with Crippen LogP contribution >= 0.6 is 22.7 Å². The highest BCUT2D eigenvalue weighted by Gasteiger charge is 2.27. The molecule has 0 atom stereocenters. The fourth-order valence-corrected chi connectivity index (χ4v) is 7.18. The molecule has 0 fully saturated rings. The number of anilines is 3. The molecule has 14 heteroatoms. The average Bonchev–Trinajstić information content (AvgIpc) is 3.79. The SMILES string of the molecule is N#Cc1c(N)n[nH]c1-c1ccc(OCc2sc(N3CCc4cccc(C(=O)Nc5nc6ccccc6s5)c4C3)nc2C(=O)O)cc1. The summed E-state index contributed by atoms with van der Waals surface area (Å²) in [7, 11) is 0. The Morgan fingerprint density at radius 2 is 1.91 bits per heavy atom. The number of nitrogens with zero attached hydrogens (tertiary/aromatic N) is 5. The maximum absolute atomic E-state index is 13.4. The van der Waals surface area contributed by atoms with E-state index in [0.717, 1.165) is 21.3 Å². The highest BCUT2D eigenvalue weighted by atomic mass is 32.1. The van der Waals surface area contributed by atoms with Crippen LogP contribution in [0.25, 0.3) is 21.5 Å². The molecular weight excluding hydrogens is 625 g/mol. The van der Waals surface area contributed by atoms with Gasteiger partial charge in [-0.1, -0.05) is 46.9 Å². The molecule has 0 spiro atoms. The molecule has 1 aliphatic heterocycles. The molecule has 7 rings (SSSR count). The first-order valence-electron chi connectivity index (χ1n) is 14.1. The summed E-state index contributed by atoms with van der Waals surface area (Å²) in [6.45, 7) is 1.02. The smallest absolute Gasteiger partial charge is 0.355 e. The van der Waals surface area contributed by atoms with Gasteiger partial charge in [-0.3, -0.25) is 15.2 Å². The van der Waals surface area contributed by atoms with Crippen molar-refractivity contribution in [2.45, 2.75) is 19.6 Å². The number of aromatic nitrogens is 4. The minimum Gasteiger partial charge on any atom is -0.488 e. The van der Waals surface area contributed by atoms with Crippen molar-refractivity contribution in [3.63, 3.8) is 0 Å². The second-order valence-electron chi connectivity index (χ2n) is 10.4. The van der Waals surface area contributed by atoms with Gasteiger partial charge in [-0.05, 0) is 60.0 Å². The molecule has 0 radical (unpaired) electrons. The number of hydrogen-bond acceptors (Lipinski definition) is 11. The number of nitriles is 1. The van der Waals surface area contributed by atoms with Crippen LogP contribution in [-0.4, -0.2) is 43.7 Å². The molecule has 3 aromatic heterocycles. The average molecular weight is 649 g/mol. The quantitative estimate of drug-likeness (QED) is 0.160. The van der Waals surface area contributed by atoms with Crippen molar-refractivity contribution in [1.82, 2.24) is 20.2 Å². The summed E-state index contributed by atoms with van der Waals surface area (Å²) in [6.07, 6.45) is 0.674. The highest BCUT2D eigenvalue weighted by Crippen LogP contribution is 2.34. The first-order valence-corrected chi connectivity index (χ1v) is 15.7. The molecule has 12 nitrogen and oxygen atoms in total. The van der Waals surface area contributed by atoms with Crippen LogP contribution < -0.4 is 20.7 Å². The molecule has 46 heavy (non-hydrogen) atoms. The number of ether oxygens (including phenoxy) is 1. The number of rotatable bonds is 8. The summed E-state index contributed by atoms with van der Waals surface area (Å²) in [5.74, 6) is -0.758. The van der Waals surface area contributed by atoms with Crippen molar-refractivity contribution >= 4 is 60.8 Å². The van der Waals surface area contributed by atoms with Crippen LogP contribution in [0.2, 0.25) is 0 Å².